The van der Waals surface area contributed by atoms with Gasteiger partial charge in [-0.3, -0.25) is 0 Å². The van der Waals surface area contributed by atoms with Gasteiger partial charge in [-0.1, -0.05) is 18.2 Å². The van der Waals surface area contributed by atoms with E-state index in [9.17, 15) is 9.90 Å². The van der Waals surface area contributed by atoms with Crippen LogP contribution in [-0.4, -0.2) is 16.1 Å². The number of para-hydroxylation sites is 1. The average Bonchev–Trinajstić information content (AvgIpc) is 3.00. The smallest absolute Gasteiger partial charge is 0.336 e. The number of H-pyrrole nitrogens is 1. The summed E-state index contributed by atoms with van der Waals surface area (Å²) >= 11 is 0. The monoisotopic (exact) mass is 251 g/mol. The molecule has 0 unspecified atom stereocenters. The second-order valence-electron chi connectivity index (χ2n) is 4.49. The van der Waals surface area contributed by atoms with E-state index in [1.165, 1.54) is 6.26 Å². The highest BCUT2D eigenvalue weighted by atomic mass is 16.4. The van der Waals surface area contributed by atoms with Crippen LogP contribution in [0, 0.1) is 0 Å². The lowest BCUT2D eigenvalue weighted by Crippen LogP contribution is -1.96. The van der Waals surface area contributed by atoms with E-state index in [1.807, 2.05) is 24.3 Å². The lowest BCUT2D eigenvalue weighted by Gasteiger charge is -1.98. The van der Waals surface area contributed by atoms with Crippen molar-refractivity contribution in [3.8, 4) is 0 Å². The number of hydrogen-bond acceptors (Lipinski definition) is 2. The van der Waals surface area contributed by atoms with E-state index in [0.717, 1.165) is 21.8 Å². The maximum atomic E-state index is 11.3. The molecular weight excluding hydrogens is 242 g/mol. The Bertz CT molecular complexity index is 946. The van der Waals surface area contributed by atoms with Crippen LogP contribution < -0.4 is 0 Å². The van der Waals surface area contributed by atoms with Crippen LogP contribution in [0.25, 0.3) is 32.8 Å². The van der Waals surface area contributed by atoms with Gasteiger partial charge in [-0.25, -0.2) is 4.79 Å². The van der Waals surface area contributed by atoms with E-state index in [-0.39, 0.29) is 5.56 Å². The first-order valence-corrected chi connectivity index (χ1v) is 5.89. The summed E-state index contributed by atoms with van der Waals surface area (Å²) in [5.41, 5.74) is 2.62. The first kappa shape index (κ1) is 10.2. The predicted octanol–water partition coefficient (Wildman–Crippen LogP) is 3.77. The highest BCUT2D eigenvalue weighted by molar-refractivity contribution is 6.22. The van der Waals surface area contributed by atoms with Gasteiger partial charge < -0.3 is 14.5 Å². The number of fused-ring (bicyclic) bond motifs is 5. The molecule has 0 bridgehead atoms. The molecular formula is C15H9NO3. The lowest BCUT2D eigenvalue weighted by molar-refractivity contribution is 0.0699. The van der Waals surface area contributed by atoms with Crippen molar-refractivity contribution in [2.45, 2.75) is 0 Å². The first-order chi connectivity index (χ1) is 9.25. The first-order valence-electron chi connectivity index (χ1n) is 5.89. The number of aromatic carboxylic acids is 1. The van der Waals surface area contributed by atoms with Gasteiger partial charge in [0.05, 0.1) is 22.7 Å². The van der Waals surface area contributed by atoms with E-state index in [0.29, 0.717) is 11.0 Å². The summed E-state index contributed by atoms with van der Waals surface area (Å²) in [6.07, 6.45) is 1.53. The fraction of sp³-hybridized carbons (Fsp3) is 0. The Morgan fingerprint density at radius 1 is 1.11 bits per heavy atom. The van der Waals surface area contributed by atoms with Crippen molar-refractivity contribution in [1.82, 2.24) is 4.98 Å². The molecule has 4 aromatic rings. The van der Waals surface area contributed by atoms with Crippen LogP contribution in [0.4, 0.5) is 0 Å². The zero-order valence-corrected chi connectivity index (χ0v) is 9.81. The molecule has 0 atom stereocenters. The van der Waals surface area contributed by atoms with Gasteiger partial charge in [-0.2, -0.15) is 0 Å². The molecule has 0 saturated carbocycles. The van der Waals surface area contributed by atoms with Gasteiger partial charge in [-0.15, -0.1) is 0 Å². The molecule has 19 heavy (non-hydrogen) atoms. The van der Waals surface area contributed by atoms with Crippen molar-refractivity contribution in [3.63, 3.8) is 0 Å². The SMILES string of the molecule is O=C(O)c1cc2[nH]c3ccccc3c2c2occc12. The Morgan fingerprint density at radius 2 is 1.95 bits per heavy atom. The van der Waals surface area contributed by atoms with Crippen LogP contribution in [0.15, 0.2) is 47.1 Å². The summed E-state index contributed by atoms with van der Waals surface area (Å²) in [7, 11) is 0. The average molecular weight is 251 g/mol. The number of aromatic nitrogens is 1. The predicted molar refractivity (Wildman–Crippen MR) is 72.5 cm³/mol. The number of furan rings is 1. The summed E-state index contributed by atoms with van der Waals surface area (Å²) in [5, 5.41) is 11.9. The third-order valence-electron chi connectivity index (χ3n) is 3.44. The molecule has 0 amide bonds. The third-order valence-corrected chi connectivity index (χ3v) is 3.44. The maximum Gasteiger partial charge on any atom is 0.336 e. The molecule has 4 rings (SSSR count). The number of benzene rings is 2. The van der Waals surface area contributed by atoms with E-state index < -0.39 is 5.97 Å². The number of carboxylic acids is 1. The van der Waals surface area contributed by atoms with Crippen molar-refractivity contribution < 1.29 is 14.3 Å². The Morgan fingerprint density at radius 3 is 2.79 bits per heavy atom. The van der Waals surface area contributed by atoms with Crippen molar-refractivity contribution in [2.75, 3.05) is 0 Å². The summed E-state index contributed by atoms with van der Waals surface area (Å²) in [5.74, 6) is -0.952. The topological polar surface area (TPSA) is 66.2 Å². The minimum atomic E-state index is -0.952. The van der Waals surface area contributed by atoms with E-state index in [4.69, 9.17) is 4.42 Å². The van der Waals surface area contributed by atoms with Crippen LogP contribution in [0.3, 0.4) is 0 Å². The van der Waals surface area contributed by atoms with E-state index in [2.05, 4.69) is 4.98 Å². The molecule has 2 aromatic carbocycles. The van der Waals surface area contributed by atoms with Crippen LogP contribution in [0.5, 0.6) is 0 Å². The number of aromatic amines is 1. The van der Waals surface area contributed by atoms with Crippen LogP contribution in [-0.2, 0) is 0 Å². The third kappa shape index (κ3) is 1.25. The normalized spacial score (nSPS) is 11.6. The zero-order valence-electron chi connectivity index (χ0n) is 9.81. The zero-order chi connectivity index (χ0) is 13.0. The Labute approximate surface area is 107 Å². The van der Waals surface area contributed by atoms with Crippen LogP contribution >= 0.6 is 0 Å². The van der Waals surface area contributed by atoms with Crippen LogP contribution in [0.1, 0.15) is 10.4 Å². The Hall–Kier alpha value is -2.75. The molecule has 0 aliphatic rings. The molecule has 2 heterocycles. The summed E-state index contributed by atoms with van der Waals surface area (Å²) < 4.78 is 5.51. The van der Waals surface area contributed by atoms with Gasteiger partial charge in [-0.05, 0) is 18.2 Å². The number of nitrogens with one attached hydrogen (secondary N) is 1. The van der Waals surface area contributed by atoms with Crippen molar-refractivity contribution in [2.24, 2.45) is 0 Å². The van der Waals surface area contributed by atoms with E-state index >= 15 is 0 Å². The highest BCUT2D eigenvalue weighted by Gasteiger charge is 2.17. The highest BCUT2D eigenvalue weighted by Crippen LogP contribution is 2.34. The van der Waals surface area contributed by atoms with Crippen molar-refractivity contribution >= 4 is 38.7 Å². The molecule has 2 aromatic heterocycles. The van der Waals surface area contributed by atoms with Gasteiger partial charge in [0.15, 0.2) is 0 Å². The molecule has 0 spiro atoms. The molecule has 4 nitrogen and oxygen atoms in total. The molecule has 0 aliphatic carbocycles. The van der Waals surface area contributed by atoms with Gasteiger partial charge in [0.25, 0.3) is 0 Å². The van der Waals surface area contributed by atoms with Gasteiger partial charge in [0, 0.05) is 16.3 Å². The van der Waals surface area contributed by atoms with E-state index in [1.54, 1.807) is 12.1 Å². The summed E-state index contributed by atoms with van der Waals surface area (Å²) in [4.78, 5) is 14.5. The van der Waals surface area contributed by atoms with Crippen molar-refractivity contribution in [3.05, 3.63) is 48.2 Å². The van der Waals surface area contributed by atoms with Gasteiger partial charge in [0.1, 0.15) is 5.58 Å². The Balaban J connectivity index is 2.33. The fourth-order valence-corrected chi connectivity index (χ4v) is 2.63. The molecule has 2 N–H and O–H groups in total. The number of carboxylic acid groups (broad SMARTS) is 1. The van der Waals surface area contributed by atoms with Gasteiger partial charge >= 0.3 is 5.97 Å². The number of carbonyl (C=O) groups is 1. The minimum absolute atomic E-state index is 0.253. The summed E-state index contributed by atoms with van der Waals surface area (Å²) in [6, 6.07) is 11.2. The molecule has 0 aliphatic heterocycles. The molecule has 4 heteroatoms. The quantitative estimate of drug-likeness (QED) is 0.541. The Kier molecular flexibility index (Phi) is 1.82. The number of rotatable bonds is 1. The largest absolute Gasteiger partial charge is 0.478 e. The molecule has 0 radical (unpaired) electrons. The number of hydrogen-bond donors (Lipinski definition) is 2. The van der Waals surface area contributed by atoms with Crippen molar-refractivity contribution in [1.29, 1.82) is 0 Å². The standard InChI is InChI=1S/C15H9NO3/c17-15(18)10-7-12-13(14-8(10)5-6-19-14)9-3-1-2-4-11(9)16-12/h1-7,16H,(H,17,18). The maximum absolute atomic E-state index is 11.3. The summed E-state index contributed by atoms with van der Waals surface area (Å²) in [6.45, 7) is 0. The minimum Gasteiger partial charge on any atom is -0.478 e. The second-order valence-corrected chi connectivity index (χ2v) is 4.49. The molecule has 92 valence electrons. The van der Waals surface area contributed by atoms with Gasteiger partial charge in [0.2, 0.25) is 0 Å². The fourth-order valence-electron chi connectivity index (χ4n) is 2.63. The molecule has 0 saturated heterocycles. The second kappa shape index (κ2) is 3.38. The van der Waals surface area contributed by atoms with Crippen LogP contribution in [0.2, 0.25) is 0 Å². The molecule has 0 fully saturated rings. The lowest BCUT2D eigenvalue weighted by atomic mass is 10.1.